The third-order valence-electron chi connectivity index (χ3n) is 2.48. The van der Waals surface area contributed by atoms with Crippen molar-refractivity contribution in [2.45, 2.75) is 13.0 Å². The maximum Gasteiger partial charge on any atom is 0.123 e. The lowest BCUT2D eigenvalue weighted by Crippen LogP contribution is -2.23. The van der Waals surface area contributed by atoms with Crippen molar-refractivity contribution in [2.75, 3.05) is 32.2 Å². The van der Waals surface area contributed by atoms with Crippen LogP contribution in [0.4, 0.5) is 10.1 Å². The zero-order valence-corrected chi connectivity index (χ0v) is 9.90. The molecular weight excluding hydrogens is 209 g/mol. The van der Waals surface area contributed by atoms with Gasteiger partial charge in [0.25, 0.3) is 0 Å². The van der Waals surface area contributed by atoms with Gasteiger partial charge in [0.15, 0.2) is 0 Å². The number of anilines is 1. The molecular formula is C12H18FNO2. The fraction of sp³-hybridized carbons (Fsp3) is 0.500. The summed E-state index contributed by atoms with van der Waals surface area (Å²) in [6.45, 7) is 2.91. The van der Waals surface area contributed by atoms with Gasteiger partial charge in [-0.05, 0) is 25.1 Å². The zero-order chi connectivity index (χ0) is 12.1. The second-order valence-electron chi connectivity index (χ2n) is 3.79. The Morgan fingerprint density at radius 3 is 2.75 bits per heavy atom. The molecule has 0 saturated carbocycles. The van der Waals surface area contributed by atoms with Crippen LogP contribution in [0.2, 0.25) is 0 Å². The molecule has 0 aliphatic heterocycles. The molecule has 4 heteroatoms. The van der Waals surface area contributed by atoms with E-state index < -0.39 is 6.10 Å². The van der Waals surface area contributed by atoms with E-state index in [2.05, 4.69) is 0 Å². The van der Waals surface area contributed by atoms with Crippen molar-refractivity contribution in [2.24, 2.45) is 0 Å². The molecule has 1 aromatic rings. The Kier molecular flexibility index (Phi) is 4.71. The van der Waals surface area contributed by atoms with Crippen molar-refractivity contribution >= 4 is 5.69 Å². The van der Waals surface area contributed by atoms with Gasteiger partial charge in [-0.25, -0.2) is 4.39 Å². The minimum absolute atomic E-state index is 0.334. The van der Waals surface area contributed by atoms with Gasteiger partial charge in [-0.2, -0.15) is 0 Å². The summed E-state index contributed by atoms with van der Waals surface area (Å²) in [4.78, 5) is 1.94. The topological polar surface area (TPSA) is 32.7 Å². The molecule has 0 bridgehead atoms. The molecule has 0 fully saturated rings. The largest absolute Gasteiger partial charge is 0.389 e. The zero-order valence-electron chi connectivity index (χ0n) is 9.90. The Morgan fingerprint density at radius 2 is 2.19 bits per heavy atom. The van der Waals surface area contributed by atoms with Crippen molar-refractivity contribution in [1.29, 1.82) is 0 Å². The van der Waals surface area contributed by atoms with Crippen LogP contribution in [-0.4, -0.2) is 32.4 Å². The number of aliphatic hydroxyl groups is 1. The van der Waals surface area contributed by atoms with Crippen LogP contribution in [0, 0.1) is 5.82 Å². The van der Waals surface area contributed by atoms with Gasteiger partial charge >= 0.3 is 0 Å². The summed E-state index contributed by atoms with van der Waals surface area (Å²) in [5.74, 6) is -0.334. The molecule has 1 unspecified atom stereocenters. The summed E-state index contributed by atoms with van der Waals surface area (Å²) < 4.78 is 18.0. The summed E-state index contributed by atoms with van der Waals surface area (Å²) >= 11 is 0. The highest BCUT2D eigenvalue weighted by molar-refractivity contribution is 5.54. The van der Waals surface area contributed by atoms with Gasteiger partial charge in [-0.3, -0.25) is 0 Å². The Morgan fingerprint density at radius 1 is 1.50 bits per heavy atom. The third-order valence-corrected chi connectivity index (χ3v) is 2.48. The van der Waals surface area contributed by atoms with Crippen LogP contribution in [0.15, 0.2) is 18.2 Å². The predicted octanol–water partition coefficient (Wildman–Crippen LogP) is 1.96. The summed E-state index contributed by atoms with van der Waals surface area (Å²) in [6, 6.07) is 4.43. The number of halogens is 1. The van der Waals surface area contributed by atoms with E-state index in [0.29, 0.717) is 18.7 Å². The molecule has 1 aromatic carbocycles. The second kappa shape index (κ2) is 5.82. The van der Waals surface area contributed by atoms with E-state index in [1.807, 2.05) is 11.9 Å². The van der Waals surface area contributed by atoms with Gasteiger partial charge in [0.1, 0.15) is 5.82 Å². The molecule has 0 radical (unpaired) electrons. The molecule has 0 amide bonds. The molecule has 0 saturated heterocycles. The summed E-state index contributed by atoms with van der Waals surface area (Å²) in [6.07, 6.45) is -0.685. The van der Waals surface area contributed by atoms with Crippen LogP contribution in [0.1, 0.15) is 18.6 Å². The fourth-order valence-electron chi connectivity index (χ4n) is 1.56. The average Bonchev–Trinajstić information content (AvgIpc) is 2.25. The van der Waals surface area contributed by atoms with Gasteiger partial charge in [-0.1, -0.05) is 0 Å². The summed E-state index contributed by atoms with van der Waals surface area (Å²) in [7, 11) is 3.52. The van der Waals surface area contributed by atoms with Crippen LogP contribution >= 0.6 is 0 Å². The lowest BCUT2D eigenvalue weighted by Gasteiger charge is -2.23. The Bertz CT molecular complexity index is 342. The van der Waals surface area contributed by atoms with Crippen molar-refractivity contribution in [3.05, 3.63) is 29.6 Å². The maximum atomic E-state index is 13.1. The summed E-state index contributed by atoms with van der Waals surface area (Å²) in [5.41, 5.74) is 1.42. The molecule has 1 atom stereocenters. The number of benzene rings is 1. The molecule has 0 aliphatic rings. The number of hydrogen-bond donors (Lipinski definition) is 1. The van der Waals surface area contributed by atoms with Crippen LogP contribution in [0.5, 0.6) is 0 Å². The molecule has 1 rings (SSSR count). The van der Waals surface area contributed by atoms with E-state index in [0.717, 1.165) is 5.69 Å². The predicted molar refractivity (Wildman–Crippen MR) is 62.2 cm³/mol. The number of aliphatic hydroxyl groups excluding tert-OH is 1. The van der Waals surface area contributed by atoms with Crippen LogP contribution in [-0.2, 0) is 4.74 Å². The average molecular weight is 227 g/mol. The number of nitrogens with zero attached hydrogens (tertiary/aromatic N) is 1. The Hall–Kier alpha value is -1.13. The number of methoxy groups -OCH3 is 1. The van der Waals surface area contributed by atoms with Crippen molar-refractivity contribution in [1.82, 2.24) is 0 Å². The Labute approximate surface area is 95.5 Å². The van der Waals surface area contributed by atoms with E-state index in [-0.39, 0.29) is 5.82 Å². The van der Waals surface area contributed by atoms with Crippen molar-refractivity contribution in [3.63, 3.8) is 0 Å². The number of ether oxygens (including phenoxy) is 1. The summed E-state index contributed by atoms with van der Waals surface area (Å²) in [5, 5.41) is 9.58. The minimum Gasteiger partial charge on any atom is -0.389 e. The molecule has 3 nitrogen and oxygen atoms in total. The normalized spacial score (nSPS) is 12.6. The monoisotopic (exact) mass is 227 g/mol. The third kappa shape index (κ3) is 3.18. The highest BCUT2D eigenvalue weighted by Gasteiger charge is 2.12. The van der Waals surface area contributed by atoms with E-state index in [1.54, 1.807) is 20.1 Å². The van der Waals surface area contributed by atoms with E-state index >= 15 is 0 Å². The van der Waals surface area contributed by atoms with E-state index in [9.17, 15) is 9.50 Å². The maximum absolute atomic E-state index is 13.1. The molecule has 0 heterocycles. The molecule has 90 valence electrons. The first-order chi connectivity index (χ1) is 7.56. The van der Waals surface area contributed by atoms with Gasteiger partial charge < -0.3 is 14.7 Å². The first kappa shape index (κ1) is 12.9. The van der Waals surface area contributed by atoms with Crippen LogP contribution < -0.4 is 4.90 Å². The van der Waals surface area contributed by atoms with Gasteiger partial charge in [0.2, 0.25) is 0 Å². The highest BCUT2D eigenvalue weighted by Crippen LogP contribution is 2.26. The van der Waals surface area contributed by atoms with Crippen molar-refractivity contribution < 1.29 is 14.2 Å². The lowest BCUT2D eigenvalue weighted by atomic mass is 10.1. The lowest BCUT2D eigenvalue weighted by molar-refractivity contribution is 0.197. The first-order valence-electron chi connectivity index (χ1n) is 5.24. The van der Waals surface area contributed by atoms with E-state index in [1.165, 1.54) is 12.1 Å². The molecule has 16 heavy (non-hydrogen) atoms. The molecule has 0 aromatic heterocycles. The minimum atomic E-state index is -0.685. The molecule has 0 aliphatic carbocycles. The number of likely N-dealkylation sites (N-methyl/N-ethyl adjacent to an activating group) is 1. The van der Waals surface area contributed by atoms with E-state index in [4.69, 9.17) is 4.74 Å². The van der Waals surface area contributed by atoms with Crippen molar-refractivity contribution in [3.8, 4) is 0 Å². The smallest absolute Gasteiger partial charge is 0.123 e. The fourth-order valence-corrected chi connectivity index (χ4v) is 1.56. The standard InChI is InChI=1S/C12H18FNO2/c1-9(15)11-8-10(13)4-5-12(11)14(2)6-7-16-3/h4-5,8-9,15H,6-7H2,1-3H3. The van der Waals surface area contributed by atoms with Gasteiger partial charge in [-0.15, -0.1) is 0 Å². The Balaban J connectivity index is 2.93. The second-order valence-corrected chi connectivity index (χ2v) is 3.79. The van der Waals surface area contributed by atoms with Crippen LogP contribution in [0.25, 0.3) is 0 Å². The number of hydrogen-bond acceptors (Lipinski definition) is 3. The molecule has 0 spiro atoms. The molecule has 1 N–H and O–H groups in total. The SMILES string of the molecule is COCCN(C)c1ccc(F)cc1C(C)O. The van der Waals surface area contributed by atoms with Gasteiger partial charge in [0.05, 0.1) is 12.7 Å². The van der Waals surface area contributed by atoms with Crippen LogP contribution in [0.3, 0.4) is 0 Å². The first-order valence-corrected chi connectivity index (χ1v) is 5.24. The number of rotatable bonds is 5. The quantitative estimate of drug-likeness (QED) is 0.834. The van der Waals surface area contributed by atoms with Gasteiger partial charge in [0, 0.05) is 32.0 Å². The highest BCUT2D eigenvalue weighted by atomic mass is 19.1.